The van der Waals surface area contributed by atoms with Crippen molar-refractivity contribution >= 4 is 17.4 Å². The summed E-state index contributed by atoms with van der Waals surface area (Å²) in [6.45, 7) is 5.04. The van der Waals surface area contributed by atoms with Crippen LogP contribution in [0.5, 0.6) is 5.75 Å². The van der Waals surface area contributed by atoms with Crippen molar-refractivity contribution in [3.05, 3.63) is 65.0 Å². The number of carbonyl (C=O) groups is 2. The van der Waals surface area contributed by atoms with E-state index < -0.39 is 17.7 Å². The maximum atomic E-state index is 12.9. The molecular formula is C24H28N2O5. The molecule has 2 aromatic rings. The molecule has 1 aromatic carbocycles. The number of benzene rings is 1. The van der Waals surface area contributed by atoms with E-state index in [4.69, 9.17) is 9.47 Å². The normalized spacial score (nSPS) is 17.9. The number of rotatable bonds is 9. The third-order valence-corrected chi connectivity index (χ3v) is 5.30. The highest BCUT2D eigenvalue weighted by atomic mass is 16.5. The number of aliphatic hydroxyl groups excluding tert-OH is 1. The number of hydrogen-bond donors (Lipinski definition) is 1. The van der Waals surface area contributed by atoms with E-state index in [0.717, 1.165) is 18.4 Å². The van der Waals surface area contributed by atoms with Gasteiger partial charge < -0.3 is 19.5 Å². The molecule has 1 aliphatic heterocycles. The van der Waals surface area contributed by atoms with Crippen molar-refractivity contribution in [1.29, 1.82) is 0 Å². The summed E-state index contributed by atoms with van der Waals surface area (Å²) in [7, 11) is 1.53. The number of methoxy groups -OCH3 is 1. The molecule has 0 aliphatic carbocycles. The average Bonchev–Trinajstić information content (AvgIpc) is 3.03. The Labute approximate surface area is 182 Å². The quantitative estimate of drug-likeness (QED) is 0.286. The first kappa shape index (κ1) is 22.5. The summed E-state index contributed by atoms with van der Waals surface area (Å²) in [5, 5.41) is 11.2. The van der Waals surface area contributed by atoms with Gasteiger partial charge in [0.05, 0.1) is 24.8 Å². The Bertz CT molecular complexity index is 971. The maximum Gasteiger partial charge on any atom is 0.295 e. The molecule has 1 amide bonds. The van der Waals surface area contributed by atoms with E-state index in [1.165, 1.54) is 12.0 Å². The molecule has 0 spiro atoms. The van der Waals surface area contributed by atoms with Gasteiger partial charge in [-0.15, -0.1) is 0 Å². The van der Waals surface area contributed by atoms with Crippen molar-refractivity contribution in [1.82, 2.24) is 9.88 Å². The van der Waals surface area contributed by atoms with Crippen LogP contribution < -0.4 is 4.74 Å². The first-order valence-corrected chi connectivity index (χ1v) is 10.4. The molecular weight excluding hydrogens is 396 g/mol. The summed E-state index contributed by atoms with van der Waals surface area (Å²) in [5.74, 6) is -0.883. The number of pyridine rings is 1. The summed E-state index contributed by atoms with van der Waals surface area (Å²) in [5.41, 5.74) is 1.94. The molecule has 1 aliphatic rings. The number of amides is 1. The third kappa shape index (κ3) is 4.77. The van der Waals surface area contributed by atoms with Crippen molar-refractivity contribution in [3.63, 3.8) is 0 Å². The molecule has 2 heterocycles. The lowest BCUT2D eigenvalue weighted by molar-refractivity contribution is -0.140. The van der Waals surface area contributed by atoms with Crippen molar-refractivity contribution < 1.29 is 24.2 Å². The fraction of sp³-hybridized carbons (Fsp3) is 0.375. The van der Waals surface area contributed by atoms with Gasteiger partial charge in [-0.25, -0.2) is 0 Å². The monoisotopic (exact) mass is 424 g/mol. The van der Waals surface area contributed by atoms with Crippen LogP contribution in [0.15, 0.2) is 48.3 Å². The van der Waals surface area contributed by atoms with Crippen LogP contribution in [-0.2, 0) is 14.3 Å². The number of aromatic nitrogens is 1. The predicted molar refractivity (Wildman–Crippen MR) is 117 cm³/mol. The van der Waals surface area contributed by atoms with Crippen molar-refractivity contribution in [2.75, 3.05) is 26.9 Å². The van der Waals surface area contributed by atoms with Crippen molar-refractivity contribution in [2.24, 2.45) is 0 Å². The molecule has 7 nitrogen and oxygen atoms in total. The second kappa shape index (κ2) is 10.2. The summed E-state index contributed by atoms with van der Waals surface area (Å²) in [4.78, 5) is 31.2. The molecule has 1 atom stereocenters. The van der Waals surface area contributed by atoms with Crippen LogP contribution >= 0.6 is 0 Å². The van der Waals surface area contributed by atoms with E-state index >= 15 is 0 Å². The van der Waals surface area contributed by atoms with Crippen LogP contribution in [0.25, 0.3) is 5.76 Å². The molecule has 1 N–H and O–H groups in total. The molecule has 31 heavy (non-hydrogen) atoms. The van der Waals surface area contributed by atoms with Crippen LogP contribution in [0.3, 0.4) is 0 Å². The van der Waals surface area contributed by atoms with Crippen LogP contribution in [0.2, 0.25) is 0 Å². The maximum absolute atomic E-state index is 12.9. The second-order valence-corrected chi connectivity index (χ2v) is 7.45. The van der Waals surface area contributed by atoms with Gasteiger partial charge in [0.25, 0.3) is 11.7 Å². The van der Waals surface area contributed by atoms with E-state index in [9.17, 15) is 14.7 Å². The number of nitrogens with zero attached hydrogens (tertiary/aromatic N) is 2. The number of ketones is 1. The number of likely N-dealkylation sites (tertiary alicyclic amines) is 1. The Hall–Kier alpha value is -3.19. The molecule has 0 saturated carbocycles. The fourth-order valence-corrected chi connectivity index (χ4v) is 3.66. The average molecular weight is 424 g/mol. The highest BCUT2D eigenvalue weighted by molar-refractivity contribution is 6.46. The number of carbonyl (C=O) groups excluding carboxylic acids is 2. The van der Waals surface area contributed by atoms with Gasteiger partial charge in [0.1, 0.15) is 11.5 Å². The van der Waals surface area contributed by atoms with Crippen molar-refractivity contribution in [2.45, 2.75) is 32.7 Å². The summed E-state index contributed by atoms with van der Waals surface area (Å²) in [6.07, 6.45) is 5.21. The highest BCUT2D eigenvalue weighted by Gasteiger charge is 2.46. The molecule has 1 aromatic heterocycles. The Morgan fingerprint density at radius 1 is 1.23 bits per heavy atom. The lowest BCUT2D eigenvalue weighted by Gasteiger charge is -2.24. The van der Waals surface area contributed by atoms with E-state index in [2.05, 4.69) is 11.9 Å². The fourth-order valence-electron chi connectivity index (χ4n) is 3.66. The van der Waals surface area contributed by atoms with Gasteiger partial charge in [-0.2, -0.15) is 0 Å². The van der Waals surface area contributed by atoms with E-state index in [-0.39, 0.29) is 24.5 Å². The largest absolute Gasteiger partial charge is 0.507 e. The molecule has 1 saturated heterocycles. The zero-order valence-corrected chi connectivity index (χ0v) is 18.1. The molecule has 0 radical (unpaired) electrons. The number of ether oxygens (including phenoxy) is 2. The molecule has 0 bridgehead atoms. The van der Waals surface area contributed by atoms with Gasteiger partial charge in [0, 0.05) is 31.6 Å². The second-order valence-electron chi connectivity index (χ2n) is 7.45. The Kier molecular flexibility index (Phi) is 7.41. The first-order chi connectivity index (χ1) is 15.0. The summed E-state index contributed by atoms with van der Waals surface area (Å²) < 4.78 is 10.8. The van der Waals surface area contributed by atoms with Gasteiger partial charge >= 0.3 is 0 Å². The van der Waals surface area contributed by atoms with Gasteiger partial charge in [-0.3, -0.25) is 14.6 Å². The minimum atomic E-state index is -0.733. The van der Waals surface area contributed by atoms with Crippen molar-refractivity contribution in [3.8, 4) is 5.75 Å². The Morgan fingerprint density at radius 2 is 2.03 bits per heavy atom. The smallest absolute Gasteiger partial charge is 0.295 e. The zero-order valence-electron chi connectivity index (χ0n) is 18.1. The Balaban J connectivity index is 2.04. The highest BCUT2D eigenvalue weighted by Crippen LogP contribution is 2.39. The number of Topliss-reactive ketones (excluding diaryl/α,β-unsaturated/α-hetero) is 1. The number of aliphatic hydroxyl groups is 1. The van der Waals surface area contributed by atoms with Crippen LogP contribution in [0.4, 0.5) is 0 Å². The molecule has 3 rings (SSSR count). The van der Waals surface area contributed by atoms with Gasteiger partial charge in [0.2, 0.25) is 0 Å². The van der Waals surface area contributed by atoms with E-state index in [1.54, 1.807) is 36.7 Å². The van der Waals surface area contributed by atoms with E-state index in [1.807, 2.05) is 13.0 Å². The Morgan fingerprint density at radius 3 is 2.68 bits per heavy atom. The lowest BCUT2D eigenvalue weighted by Crippen LogP contribution is -2.32. The molecule has 7 heteroatoms. The van der Waals surface area contributed by atoms with Crippen LogP contribution in [0, 0.1) is 6.92 Å². The molecule has 0 unspecified atom stereocenters. The van der Waals surface area contributed by atoms with Gasteiger partial charge in [-0.05, 0) is 48.7 Å². The summed E-state index contributed by atoms with van der Waals surface area (Å²) in [6, 6.07) is 8.09. The predicted octanol–water partition coefficient (Wildman–Crippen LogP) is 3.64. The molecule has 164 valence electrons. The molecule has 1 fully saturated rings. The third-order valence-electron chi connectivity index (χ3n) is 5.30. The SMILES string of the molecule is CCCCOc1ccc(C(O)=C2C(=O)C(=O)N(CCOC)[C@H]2c2cccnc2)c(C)c1. The van der Waals surface area contributed by atoms with E-state index in [0.29, 0.717) is 23.5 Å². The van der Waals surface area contributed by atoms with Gasteiger partial charge in [-0.1, -0.05) is 19.4 Å². The number of hydrogen-bond acceptors (Lipinski definition) is 6. The number of unbranched alkanes of at least 4 members (excludes halogenated alkanes) is 1. The minimum absolute atomic E-state index is 0.0526. The zero-order chi connectivity index (χ0) is 22.4. The number of aryl methyl sites for hydroxylation is 1. The summed E-state index contributed by atoms with van der Waals surface area (Å²) >= 11 is 0. The topological polar surface area (TPSA) is 89.0 Å². The minimum Gasteiger partial charge on any atom is -0.507 e. The van der Waals surface area contributed by atoms with Gasteiger partial charge in [0.15, 0.2) is 0 Å². The standard InChI is InChI=1S/C24H28N2O5/c1-4-5-12-31-18-8-9-19(16(2)14-18)22(27)20-21(17-7-6-10-25-15-17)26(11-13-30-3)24(29)23(20)28/h6-10,14-15,21,27H,4-5,11-13H2,1-3H3/t21-/m0/s1. The van der Waals surface area contributed by atoms with Crippen LogP contribution in [0.1, 0.15) is 42.5 Å². The lowest BCUT2D eigenvalue weighted by atomic mass is 9.94. The van der Waals surface area contributed by atoms with Crippen LogP contribution in [-0.4, -0.2) is 53.5 Å². The first-order valence-electron chi connectivity index (χ1n) is 10.4.